The Hall–Kier alpha value is -2.55. The average molecular weight is 321 g/mol. The molecule has 124 valence electrons. The van der Waals surface area contributed by atoms with Crippen LogP contribution in [-0.2, 0) is 0 Å². The highest BCUT2D eigenvalue weighted by molar-refractivity contribution is 5.94. The Labute approximate surface area is 143 Å². The lowest BCUT2D eigenvalue weighted by Gasteiger charge is -2.16. The molecule has 1 aromatic heterocycles. The zero-order valence-electron chi connectivity index (χ0n) is 14.6. The van der Waals surface area contributed by atoms with Crippen molar-refractivity contribution in [2.24, 2.45) is 0 Å². The highest BCUT2D eigenvalue weighted by Crippen LogP contribution is 2.33. The standard InChI is InChI=1S/C21H23NO2/c1-14(2)23-18-11-17(12-19(13-18)24-15(3)4)21-20-8-6-5-7-16(20)9-10-22-21/h5-15H,1-4H3. The van der Waals surface area contributed by atoms with Crippen LogP contribution < -0.4 is 9.47 Å². The summed E-state index contributed by atoms with van der Waals surface area (Å²) in [5.74, 6) is 1.60. The van der Waals surface area contributed by atoms with Crippen LogP contribution >= 0.6 is 0 Å². The van der Waals surface area contributed by atoms with E-state index >= 15 is 0 Å². The first-order chi connectivity index (χ1) is 11.5. The quantitative estimate of drug-likeness (QED) is 0.624. The molecule has 0 N–H and O–H groups in total. The van der Waals surface area contributed by atoms with Crippen molar-refractivity contribution in [2.75, 3.05) is 0 Å². The molecule has 24 heavy (non-hydrogen) atoms. The molecule has 0 spiro atoms. The Bertz CT molecular complexity index is 807. The molecule has 0 radical (unpaired) electrons. The van der Waals surface area contributed by atoms with Gasteiger partial charge >= 0.3 is 0 Å². The molecule has 1 heterocycles. The van der Waals surface area contributed by atoms with Gasteiger partial charge in [-0.25, -0.2) is 0 Å². The number of nitrogens with zero attached hydrogens (tertiary/aromatic N) is 1. The van der Waals surface area contributed by atoms with E-state index < -0.39 is 0 Å². The summed E-state index contributed by atoms with van der Waals surface area (Å²) in [6.07, 6.45) is 2.05. The number of ether oxygens (including phenoxy) is 2. The fourth-order valence-corrected chi connectivity index (χ4v) is 2.74. The van der Waals surface area contributed by atoms with Crippen LogP contribution in [0.15, 0.2) is 54.7 Å². The van der Waals surface area contributed by atoms with Crippen LogP contribution in [0.25, 0.3) is 22.0 Å². The van der Waals surface area contributed by atoms with Gasteiger partial charge in [0.2, 0.25) is 0 Å². The number of fused-ring (bicyclic) bond motifs is 1. The minimum atomic E-state index is 0.104. The van der Waals surface area contributed by atoms with Gasteiger partial charge in [0.1, 0.15) is 11.5 Å². The number of hydrogen-bond acceptors (Lipinski definition) is 3. The molecule has 0 saturated heterocycles. The van der Waals surface area contributed by atoms with Crippen LogP contribution in [0.5, 0.6) is 11.5 Å². The van der Waals surface area contributed by atoms with Gasteiger partial charge in [0, 0.05) is 23.2 Å². The average Bonchev–Trinajstić information content (AvgIpc) is 2.52. The summed E-state index contributed by atoms with van der Waals surface area (Å²) in [5, 5.41) is 2.29. The Kier molecular flexibility index (Phi) is 4.70. The van der Waals surface area contributed by atoms with E-state index in [1.54, 1.807) is 0 Å². The van der Waals surface area contributed by atoms with E-state index in [1.165, 1.54) is 5.39 Å². The molecule has 3 nitrogen and oxygen atoms in total. The van der Waals surface area contributed by atoms with Gasteiger partial charge in [-0.3, -0.25) is 4.98 Å². The number of pyridine rings is 1. The summed E-state index contributed by atoms with van der Waals surface area (Å²) < 4.78 is 11.8. The Morgan fingerprint density at radius 1 is 0.792 bits per heavy atom. The summed E-state index contributed by atoms with van der Waals surface area (Å²) in [5.41, 5.74) is 1.94. The highest BCUT2D eigenvalue weighted by atomic mass is 16.5. The van der Waals surface area contributed by atoms with Gasteiger partial charge in [-0.1, -0.05) is 24.3 Å². The first-order valence-electron chi connectivity index (χ1n) is 8.35. The molecule has 3 heteroatoms. The van der Waals surface area contributed by atoms with Crippen molar-refractivity contribution in [3.8, 4) is 22.8 Å². The SMILES string of the molecule is CC(C)Oc1cc(OC(C)C)cc(-c2nccc3ccccc23)c1. The van der Waals surface area contributed by atoms with Gasteiger partial charge in [0.05, 0.1) is 17.9 Å². The molecular formula is C21H23NO2. The maximum atomic E-state index is 5.90. The molecule has 0 saturated carbocycles. The van der Waals surface area contributed by atoms with Crippen LogP contribution in [0.2, 0.25) is 0 Å². The third kappa shape index (κ3) is 3.67. The molecule has 3 rings (SSSR count). The lowest BCUT2D eigenvalue weighted by atomic mass is 10.0. The van der Waals surface area contributed by atoms with Gasteiger partial charge in [0.25, 0.3) is 0 Å². The molecule has 0 unspecified atom stereocenters. The van der Waals surface area contributed by atoms with E-state index in [9.17, 15) is 0 Å². The molecule has 0 atom stereocenters. The molecule has 0 aliphatic carbocycles. The normalized spacial score (nSPS) is 11.2. The molecule has 0 aliphatic rings. The van der Waals surface area contributed by atoms with Crippen molar-refractivity contribution in [2.45, 2.75) is 39.9 Å². The van der Waals surface area contributed by atoms with E-state index in [2.05, 4.69) is 17.1 Å². The Morgan fingerprint density at radius 3 is 2.04 bits per heavy atom. The first-order valence-corrected chi connectivity index (χ1v) is 8.35. The minimum Gasteiger partial charge on any atom is -0.491 e. The van der Waals surface area contributed by atoms with E-state index in [-0.39, 0.29) is 12.2 Å². The van der Waals surface area contributed by atoms with Crippen molar-refractivity contribution in [3.05, 3.63) is 54.7 Å². The fourth-order valence-electron chi connectivity index (χ4n) is 2.74. The van der Waals surface area contributed by atoms with Crippen LogP contribution in [-0.4, -0.2) is 17.2 Å². The second-order valence-corrected chi connectivity index (χ2v) is 6.41. The topological polar surface area (TPSA) is 31.4 Å². The smallest absolute Gasteiger partial charge is 0.124 e. The van der Waals surface area contributed by atoms with Crippen LogP contribution in [0.3, 0.4) is 0 Å². The summed E-state index contributed by atoms with van der Waals surface area (Å²) in [6, 6.07) is 16.3. The second kappa shape index (κ2) is 6.91. The molecule has 0 amide bonds. The Morgan fingerprint density at radius 2 is 1.42 bits per heavy atom. The summed E-state index contributed by atoms with van der Waals surface area (Å²) in [4.78, 5) is 4.61. The van der Waals surface area contributed by atoms with Gasteiger partial charge in [-0.2, -0.15) is 0 Å². The molecule has 0 aliphatic heterocycles. The largest absolute Gasteiger partial charge is 0.491 e. The molecule has 0 fully saturated rings. The lowest BCUT2D eigenvalue weighted by Crippen LogP contribution is -2.08. The van der Waals surface area contributed by atoms with Gasteiger partial charge < -0.3 is 9.47 Å². The zero-order chi connectivity index (χ0) is 17.1. The minimum absolute atomic E-state index is 0.104. The van der Waals surface area contributed by atoms with Gasteiger partial charge in [-0.15, -0.1) is 0 Å². The second-order valence-electron chi connectivity index (χ2n) is 6.41. The zero-order valence-corrected chi connectivity index (χ0v) is 14.6. The molecule has 0 bridgehead atoms. The van der Waals surface area contributed by atoms with E-state index in [4.69, 9.17) is 9.47 Å². The third-order valence-corrected chi connectivity index (χ3v) is 3.57. The van der Waals surface area contributed by atoms with E-state index in [1.807, 2.05) is 70.3 Å². The summed E-state index contributed by atoms with van der Waals surface area (Å²) in [6.45, 7) is 8.08. The molecule has 3 aromatic rings. The van der Waals surface area contributed by atoms with Crippen molar-refractivity contribution < 1.29 is 9.47 Å². The number of hydrogen-bond donors (Lipinski definition) is 0. The molecule has 2 aromatic carbocycles. The predicted molar refractivity (Wildman–Crippen MR) is 98.7 cm³/mol. The number of aromatic nitrogens is 1. The van der Waals surface area contributed by atoms with Crippen LogP contribution in [0, 0.1) is 0 Å². The number of rotatable bonds is 5. The van der Waals surface area contributed by atoms with Gasteiger partial charge in [-0.05, 0) is 51.3 Å². The number of benzene rings is 2. The third-order valence-electron chi connectivity index (χ3n) is 3.57. The van der Waals surface area contributed by atoms with E-state index in [0.717, 1.165) is 28.1 Å². The lowest BCUT2D eigenvalue weighted by molar-refractivity contribution is 0.229. The van der Waals surface area contributed by atoms with E-state index in [0.29, 0.717) is 0 Å². The van der Waals surface area contributed by atoms with Crippen molar-refractivity contribution in [3.63, 3.8) is 0 Å². The highest BCUT2D eigenvalue weighted by Gasteiger charge is 2.11. The van der Waals surface area contributed by atoms with Crippen molar-refractivity contribution in [1.29, 1.82) is 0 Å². The van der Waals surface area contributed by atoms with Gasteiger partial charge in [0.15, 0.2) is 0 Å². The monoisotopic (exact) mass is 321 g/mol. The fraction of sp³-hybridized carbons (Fsp3) is 0.286. The van der Waals surface area contributed by atoms with Crippen molar-refractivity contribution >= 4 is 10.8 Å². The molecular weight excluding hydrogens is 298 g/mol. The van der Waals surface area contributed by atoms with Crippen LogP contribution in [0.4, 0.5) is 0 Å². The Balaban J connectivity index is 2.14. The predicted octanol–water partition coefficient (Wildman–Crippen LogP) is 5.48. The van der Waals surface area contributed by atoms with Crippen LogP contribution in [0.1, 0.15) is 27.7 Å². The summed E-state index contributed by atoms with van der Waals surface area (Å²) >= 11 is 0. The van der Waals surface area contributed by atoms with Crippen molar-refractivity contribution in [1.82, 2.24) is 4.98 Å². The summed E-state index contributed by atoms with van der Waals surface area (Å²) in [7, 11) is 0. The first kappa shape index (κ1) is 16.3. The maximum Gasteiger partial charge on any atom is 0.124 e. The maximum absolute atomic E-state index is 5.90.